The van der Waals surface area contributed by atoms with Crippen LogP contribution in [0.5, 0.6) is 11.5 Å². The summed E-state index contributed by atoms with van der Waals surface area (Å²) in [5.74, 6) is 1.09. The molecule has 4 atom stereocenters. The van der Waals surface area contributed by atoms with Gasteiger partial charge in [0.05, 0.1) is 0 Å². The minimum atomic E-state index is -0.822. The van der Waals surface area contributed by atoms with Gasteiger partial charge in [-0.25, -0.2) is 0 Å². The standard InChI is InChI=1S/C38H47NO5/c1-2-3-4-5-6-7-8-9-10-11-12-13-14-15-16-17-18-19-20-21-35(41)44-38-32(40)24-29-22-23-39-27-30-25-33-34(43-28-42-33)26-31(30)36(38)37(29)39/h3-4,6-7,9-10,12-13,15-16,18-19,24-26,32,36-38,40H,2,5,8,11,14,17,20-23,27-28H2,1H3/b4-3-,7-6-,10-9-,13-12-,16-15-,19-18-/t32-,36-,37+,38+/m0/s1. The molecule has 0 spiro atoms. The summed E-state index contributed by atoms with van der Waals surface area (Å²) in [6.45, 7) is 4.14. The Morgan fingerprint density at radius 2 is 1.48 bits per heavy atom. The number of hydrogen-bond donors (Lipinski definition) is 1. The van der Waals surface area contributed by atoms with Crippen LogP contribution in [0.2, 0.25) is 0 Å². The molecule has 1 saturated heterocycles. The molecule has 6 nitrogen and oxygen atoms in total. The number of aliphatic hydroxyl groups is 1. The van der Waals surface area contributed by atoms with Crippen molar-refractivity contribution in [1.29, 1.82) is 0 Å². The van der Waals surface area contributed by atoms with Crippen molar-refractivity contribution < 1.29 is 24.1 Å². The molecule has 234 valence electrons. The van der Waals surface area contributed by atoms with E-state index < -0.39 is 12.2 Å². The first-order chi connectivity index (χ1) is 21.7. The van der Waals surface area contributed by atoms with E-state index in [9.17, 15) is 9.90 Å². The molecule has 0 unspecified atom stereocenters. The summed E-state index contributed by atoms with van der Waals surface area (Å²) >= 11 is 0. The van der Waals surface area contributed by atoms with Gasteiger partial charge in [0.25, 0.3) is 0 Å². The summed E-state index contributed by atoms with van der Waals surface area (Å²) < 4.78 is 17.3. The highest BCUT2D eigenvalue weighted by Crippen LogP contribution is 2.50. The van der Waals surface area contributed by atoms with Crippen LogP contribution >= 0.6 is 0 Å². The van der Waals surface area contributed by atoms with E-state index in [1.807, 2.05) is 18.2 Å². The van der Waals surface area contributed by atoms with Gasteiger partial charge < -0.3 is 19.3 Å². The van der Waals surface area contributed by atoms with E-state index >= 15 is 0 Å². The van der Waals surface area contributed by atoms with Crippen LogP contribution in [0.1, 0.15) is 81.8 Å². The minimum absolute atomic E-state index is 0.124. The second-order valence-electron chi connectivity index (χ2n) is 11.7. The van der Waals surface area contributed by atoms with Crippen molar-refractivity contribution in [3.05, 3.63) is 108 Å². The molecule has 1 N–H and O–H groups in total. The van der Waals surface area contributed by atoms with Gasteiger partial charge in [-0.2, -0.15) is 0 Å². The molecule has 4 aliphatic rings. The van der Waals surface area contributed by atoms with Crippen molar-refractivity contribution in [2.45, 2.75) is 95.4 Å². The summed E-state index contributed by atoms with van der Waals surface area (Å²) in [7, 11) is 0. The van der Waals surface area contributed by atoms with Crippen molar-refractivity contribution in [2.24, 2.45) is 0 Å². The molecule has 0 amide bonds. The Balaban J connectivity index is 1.02. The van der Waals surface area contributed by atoms with Crippen LogP contribution < -0.4 is 9.47 Å². The highest BCUT2D eigenvalue weighted by molar-refractivity contribution is 5.70. The number of ether oxygens (including phenoxy) is 3. The van der Waals surface area contributed by atoms with Crippen molar-refractivity contribution in [3.8, 4) is 11.5 Å². The first kappa shape index (κ1) is 31.8. The largest absolute Gasteiger partial charge is 0.459 e. The van der Waals surface area contributed by atoms with E-state index in [0.29, 0.717) is 6.42 Å². The monoisotopic (exact) mass is 597 g/mol. The fourth-order valence-corrected chi connectivity index (χ4v) is 6.52. The van der Waals surface area contributed by atoms with E-state index in [2.05, 4.69) is 84.7 Å². The molecule has 0 radical (unpaired) electrons. The lowest BCUT2D eigenvalue weighted by Crippen LogP contribution is -2.51. The van der Waals surface area contributed by atoms with Gasteiger partial charge in [-0.15, -0.1) is 0 Å². The molecular weight excluding hydrogens is 550 g/mol. The number of nitrogens with zero attached hydrogens (tertiary/aromatic N) is 1. The summed E-state index contributed by atoms with van der Waals surface area (Å²) in [4.78, 5) is 15.3. The zero-order valence-corrected chi connectivity index (χ0v) is 26.0. The zero-order valence-electron chi connectivity index (χ0n) is 26.0. The number of benzene rings is 1. The maximum atomic E-state index is 12.9. The van der Waals surface area contributed by atoms with Gasteiger partial charge in [0.15, 0.2) is 11.5 Å². The number of carbonyl (C=O) groups is 1. The minimum Gasteiger partial charge on any atom is -0.459 e. The molecule has 6 heteroatoms. The summed E-state index contributed by atoms with van der Waals surface area (Å²) in [6, 6.07) is 4.23. The van der Waals surface area contributed by atoms with Crippen LogP contribution in [-0.2, 0) is 16.1 Å². The number of esters is 1. The third kappa shape index (κ3) is 8.30. The van der Waals surface area contributed by atoms with Crippen molar-refractivity contribution in [3.63, 3.8) is 0 Å². The number of carbonyl (C=O) groups excluding carboxylic acids is 1. The SMILES string of the molecule is CC/C=C\C/C=C\C/C=C\C/C=C\C/C=C\C/C=C\CCC(=O)O[C@H]1[C@H]2c3cc4c(cc3CN3CCC(=C[C@@H]1O)[C@H]23)OCO4. The molecule has 3 aliphatic heterocycles. The van der Waals surface area contributed by atoms with Gasteiger partial charge in [0, 0.05) is 31.5 Å². The Labute approximate surface area is 262 Å². The molecule has 0 saturated carbocycles. The van der Waals surface area contributed by atoms with Crippen molar-refractivity contribution >= 4 is 5.97 Å². The molecule has 3 heterocycles. The van der Waals surface area contributed by atoms with Crippen molar-refractivity contribution in [1.82, 2.24) is 4.90 Å². The second-order valence-corrected chi connectivity index (χ2v) is 11.7. The van der Waals surface area contributed by atoms with Crippen LogP contribution in [0, 0.1) is 0 Å². The lowest BCUT2D eigenvalue weighted by molar-refractivity contribution is -0.157. The van der Waals surface area contributed by atoms with Crippen LogP contribution in [0.3, 0.4) is 0 Å². The smallest absolute Gasteiger partial charge is 0.306 e. The summed E-state index contributed by atoms with van der Waals surface area (Å²) in [5, 5.41) is 11.1. The normalized spacial score (nSPS) is 24.5. The van der Waals surface area contributed by atoms with Crippen LogP contribution in [0.25, 0.3) is 0 Å². The summed E-state index contributed by atoms with van der Waals surface area (Å²) in [5.41, 5.74) is 3.50. The predicted molar refractivity (Wildman–Crippen MR) is 176 cm³/mol. The first-order valence-corrected chi connectivity index (χ1v) is 16.3. The van der Waals surface area contributed by atoms with Gasteiger partial charge >= 0.3 is 5.97 Å². The third-order valence-corrected chi connectivity index (χ3v) is 8.62. The molecule has 0 aromatic heterocycles. The first-order valence-electron chi connectivity index (χ1n) is 16.3. The Kier molecular flexibility index (Phi) is 11.9. The molecule has 1 aliphatic carbocycles. The fourth-order valence-electron chi connectivity index (χ4n) is 6.52. The molecule has 5 rings (SSSR count). The predicted octanol–water partition coefficient (Wildman–Crippen LogP) is 7.78. The number of rotatable bonds is 15. The van der Waals surface area contributed by atoms with E-state index in [-0.39, 0.29) is 31.1 Å². The van der Waals surface area contributed by atoms with E-state index in [1.54, 1.807) is 0 Å². The number of aliphatic hydroxyl groups excluding tert-OH is 1. The number of fused-ring (bicyclic) bond motifs is 3. The average molecular weight is 598 g/mol. The second kappa shape index (κ2) is 16.5. The molecule has 1 fully saturated rings. The zero-order chi connectivity index (χ0) is 30.6. The maximum Gasteiger partial charge on any atom is 0.306 e. The Morgan fingerprint density at radius 1 is 0.886 bits per heavy atom. The maximum absolute atomic E-state index is 12.9. The van der Waals surface area contributed by atoms with Crippen LogP contribution in [-0.4, -0.2) is 47.6 Å². The van der Waals surface area contributed by atoms with E-state index in [4.69, 9.17) is 14.2 Å². The number of hydrogen-bond acceptors (Lipinski definition) is 6. The van der Waals surface area contributed by atoms with Gasteiger partial charge in [-0.05, 0) is 74.6 Å². The van der Waals surface area contributed by atoms with E-state index in [1.165, 1.54) is 5.57 Å². The highest BCUT2D eigenvalue weighted by atomic mass is 16.7. The lowest BCUT2D eigenvalue weighted by Gasteiger charge is -2.45. The lowest BCUT2D eigenvalue weighted by atomic mass is 9.73. The number of allylic oxidation sites excluding steroid dienone is 12. The Hall–Kier alpha value is -3.61. The molecule has 44 heavy (non-hydrogen) atoms. The molecule has 0 bridgehead atoms. The van der Waals surface area contributed by atoms with Gasteiger partial charge in [-0.1, -0.05) is 91.5 Å². The van der Waals surface area contributed by atoms with Crippen LogP contribution in [0.15, 0.2) is 96.7 Å². The Morgan fingerprint density at radius 3 is 2.11 bits per heavy atom. The van der Waals surface area contributed by atoms with Gasteiger partial charge in [0.2, 0.25) is 6.79 Å². The van der Waals surface area contributed by atoms with Crippen LogP contribution in [0.4, 0.5) is 0 Å². The van der Waals surface area contributed by atoms with Crippen molar-refractivity contribution in [2.75, 3.05) is 13.3 Å². The van der Waals surface area contributed by atoms with Gasteiger partial charge in [0.1, 0.15) is 12.2 Å². The van der Waals surface area contributed by atoms with Gasteiger partial charge in [-0.3, -0.25) is 9.69 Å². The fraction of sp³-hybridized carbons (Fsp3) is 0.447. The summed E-state index contributed by atoms with van der Waals surface area (Å²) in [6.07, 6.45) is 34.2. The molecule has 1 aromatic rings. The quantitative estimate of drug-likeness (QED) is 0.165. The highest BCUT2D eigenvalue weighted by Gasteiger charge is 2.50. The third-order valence-electron chi connectivity index (χ3n) is 8.62. The molecular formula is C38H47NO5. The topological polar surface area (TPSA) is 68.2 Å². The average Bonchev–Trinajstić information content (AvgIpc) is 3.65. The Bertz CT molecular complexity index is 1330. The molecule has 1 aromatic carbocycles. The van der Waals surface area contributed by atoms with E-state index in [0.717, 1.165) is 80.7 Å².